The minimum absolute atomic E-state index is 0.282. The Morgan fingerprint density at radius 1 is 1.26 bits per heavy atom. The number of hydrogen-bond acceptors (Lipinski definition) is 2. The lowest BCUT2D eigenvalue weighted by atomic mass is 9.77. The van der Waals surface area contributed by atoms with Crippen molar-refractivity contribution in [2.75, 3.05) is 6.61 Å². The van der Waals surface area contributed by atoms with Crippen molar-refractivity contribution in [3.05, 3.63) is 29.8 Å². The maximum Gasteiger partial charge on any atom is 0.311 e. The van der Waals surface area contributed by atoms with Crippen LogP contribution >= 0.6 is 0 Å². The number of aliphatic carboxylic acids is 1. The second-order valence-electron chi connectivity index (χ2n) is 5.22. The SMILES string of the molecule is CCOc1ccc(C(C(=O)O)C2CCCCC2)cc1. The molecule has 2 rings (SSSR count). The van der Waals surface area contributed by atoms with Crippen LogP contribution in [0, 0.1) is 5.92 Å². The summed E-state index contributed by atoms with van der Waals surface area (Å²) in [6.07, 6.45) is 5.62. The Kier molecular flexibility index (Phi) is 4.83. The van der Waals surface area contributed by atoms with Crippen molar-refractivity contribution in [1.29, 1.82) is 0 Å². The third-order valence-electron chi connectivity index (χ3n) is 3.94. The fourth-order valence-corrected chi connectivity index (χ4v) is 3.02. The summed E-state index contributed by atoms with van der Waals surface area (Å²) in [5.74, 6) is 0.0234. The van der Waals surface area contributed by atoms with Crippen LogP contribution in [-0.2, 0) is 4.79 Å². The van der Waals surface area contributed by atoms with Crippen molar-refractivity contribution >= 4 is 5.97 Å². The molecule has 1 aromatic rings. The highest BCUT2D eigenvalue weighted by Crippen LogP contribution is 2.36. The van der Waals surface area contributed by atoms with Gasteiger partial charge in [0.15, 0.2) is 0 Å². The molecule has 1 unspecified atom stereocenters. The van der Waals surface area contributed by atoms with E-state index >= 15 is 0 Å². The van der Waals surface area contributed by atoms with Crippen molar-refractivity contribution in [3.8, 4) is 5.75 Å². The molecule has 1 fully saturated rings. The molecule has 0 radical (unpaired) electrons. The highest BCUT2D eigenvalue weighted by Gasteiger charge is 2.30. The van der Waals surface area contributed by atoms with Crippen LogP contribution in [0.1, 0.15) is 50.5 Å². The number of carboxylic acids is 1. The normalized spacial score (nSPS) is 17.9. The predicted molar refractivity (Wildman–Crippen MR) is 74.6 cm³/mol. The van der Waals surface area contributed by atoms with Crippen LogP contribution in [0.3, 0.4) is 0 Å². The fraction of sp³-hybridized carbons (Fsp3) is 0.562. The van der Waals surface area contributed by atoms with Crippen LogP contribution in [0.15, 0.2) is 24.3 Å². The Labute approximate surface area is 114 Å². The molecule has 3 heteroatoms. The van der Waals surface area contributed by atoms with E-state index in [2.05, 4.69) is 0 Å². The molecule has 19 heavy (non-hydrogen) atoms. The summed E-state index contributed by atoms with van der Waals surface area (Å²) in [4.78, 5) is 11.6. The highest BCUT2D eigenvalue weighted by atomic mass is 16.5. The van der Waals surface area contributed by atoms with Gasteiger partial charge in [0.2, 0.25) is 0 Å². The summed E-state index contributed by atoms with van der Waals surface area (Å²) < 4.78 is 5.40. The molecule has 1 aliphatic carbocycles. The maximum absolute atomic E-state index is 11.6. The van der Waals surface area contributed by atoms with E-state index in [4.69, 9.17) is 4.74 Å². The monoisotopic (exact) mass is 262 g/mol. The number of carbonyl (C=O) groups is 1. The molecular formula is C16H22O3. The first-order valence-electron chi connectivity index (χ1n) is 7.18. The molecule has 0 heterocycles. The quantitative estimate of drug-likeness (QED) is 0.877. The third kappa shape index (κ3) is 3.49. The zero-order valence-electron chi connectivity index (χ0n) is 11.5. The predicted octanol–water partition coefficient (Wildman–Crippen LogP) is 3.83. The standard InChI is InChI=1S/C16H22O3/c1-2-19-14-10-8-13(9-11-14)15(16(17)18)12-6-4-3-5-7-12/h8-12,15H,2-7H2,1H3,(H,17,18). The van der Waals surface area contributed by atoms with E-state index in [1.54, 1.807) is 0 Å². The molecule has 0 saturated heterocycles. The van der Waals surface area contributed by atoms with E-state index in [1.807, 2.05) is 31.2 Å². The molecule has 0 bridgehead atoms. The van der Waals surface area contributed by atoms with Crippen molar-refractivity contribution in [3.63, 3.8) is 0 Å². The zero-order valence-corrected chi connectivity index (χ0v) is 11.5. The topological polar surface area (TPSA) is 46.5 Å². The molecular weight excluding hydrogens is 240 g/mol. The molecule has 0 aromatic heterocycles. The van der Waals surface area contributed by atoms with Gasteiger partial charge in [0, 0.05) is 0 Å². The van der Waals surface area contributed by atoms with Crippen molar-refractivity contribution in [2.24, 2.45) is 5.92 Å². The van der Waals surface area contributed by atoms with E-state index < -0.39 is 5.97 Å². The van der Waals surface area contributed by atoms with Gasteiger partial charge in [0.25, 0.3) is 0 Å². The van der Waals surface area contributed by atoms with Gasteiger partial charge >= 0.3 is 5.97 Å². The van der Waals surface area contributed by atoms with E-state index in [0.29, 0.717) is 6.61 Å². The smallest absolute Gasteiger partial charge is 0.311 e. The average Bonchev–Trinajstić information content (AvgIpc) is 2.42. The first kappa shape index (κ1) is 13.9. The molecule has 104 valence electrons. The Bertz CT molecular complexity index is 405. The van der Waals surface area contributed by atoms with Crippen molar-refractivity contribution < 1.29 is 14.6 Å². The Hall–Kier alpha value is -1.51. The summed E-state index contributed by atoms with van der Waals surface area (Å²) in [6.45, 7) is 2.57. The Morgan fingerprint density at radius 3 is 2.42 bits per heavy atom. The van der Waals surface area contributed by atoms with Crippen LogP contribution in [0.25, 0.3) is 0 Å². The van der Waals surface area contributed by atoms with E-state index in [1.165, 1.54) is 6.42 Å². The third-order valence-corrected chi connectivity index (χ3v) is 3.94. The molecule has 1 saturated carbocycles. The summed E-state index contributed by atoms with van der Waals surface area (Å²) in [5, 5.41) is 9.52. The lowest BCUT2D eigenvalue weighted by molar-refractivity contribution is -0.140. The van der Waals surface area contributed by atoms with E-state index in [9.17, 15) is 9.90 Å². The number of ether oxygens (including phenoxy) is 1. The van der Waals surface area contributed by atoms with Crippen molar-refractivity contribution in [2.45, 2.75) is 44.9 Å². The van der Waals surface area contributed by atoms with Gasteiger partial charge in [-0.2, -0.15) is 0 Å². The van der Waals surface area contributed by atoms with Crippen LogP contribution in [-0.4, -0.2) is 17.7 Å². The minimum atomic E-state index is -0.698. The Balaban J connectivity index is 2.15. The summed E-state index contributed by atoms with van der Waals surface area (Å²) >= 11 is 0. The molecule has 1 aliphatic rings. The van der Waals surface area contributed by atoms with Gasteiger partial charge in [-0.05, 0) is 43.4 Å². The summed E-state index contributed by atoms with van der Waals surface area (Å²) in [7, 11) is 0. The van der Waals surface area contributed by atoms with Crippen LogP contribution in [0.5, 0.6) is 5.75 Å². The van der Waals surface area contributed by atoms with Gasteiger partial charge in [-0.15, -0.1) is 0 Å². The van der Waals surface area contributed by atoms with Gasteiger partial charge in [-0.1, -0.05) is 31.4 Å². The average molecular weight is 262 g/mol. The van der Waals surface area contributed by atoms with E-state index in [-0.39, 0.29) is 11.8 Å². The zero-order chi connectivity index (χ0) is 13.7. The summed E-state index contributed by atoms with van der Waals surface area (Å²) in [6, 6.07) is 7.55. The van der Waals surface area contributed by atoms with E-state index in [0.717, 1.165) is 37.0 Å². The number of benzene rings is 1. The lowest BCUT2D eigenvalue weighted by Gasteiger charge is -2.27. The molecule has 1 atom stereocenters. The maximum atomic E-state index is 11.6. The molecule has 0 aliphatic heterocycles. The number of rotatable bonds is 5. The summed E-state index contributed by atoms with van der Waals surface area (Å²) in [5.41, 5.74) is 0.905. The molecule has 1 aromatic carbocycles. The fourth-order valence-electron chi connectivity index (χ4n) is 3.02. The van der Waals surface area contributed by atoms with Crippen LogP contribution < -0.4 is 4.74 Å². The van der Waals surface area contributed by atoms with Gasteiger partial charge in [-0.3, -0.25) is 4.79 Å². The lowest BCUT2D eigenvalue weighted by Crippen LogP contribution is -2.23. The van der Waals surface area contributed by atoms with Crippen molar-refractivity contribution in [1.82, 2.24) is 0 Å². The first-order valence-corrected chi connectivity index (χ1v) is 7.18. The number of hydrogen-bond donors (Lipinski definition) is 1. The molecule has 3 nitrogen and oxygen atoms in total. The van der Waals surface area contributed by atoms with Gasteiger partial charge in [0.05, 0.1) is 12.5 Å². The second kappa shape index (κ2) is 6.60. The highest BCUT2D eigenvalue weighted by molar-refractivity contribution is 5.76. The number of carboxylic acid groups (broad SMARTS) is 1. The molecule has 1 N–H and O–H groups in total. The largest absolute Gasteiger partial charge is 0.494 e. The Morgan fingerprint density at radius 2 is 1.89 bits per heavy atom. The van der Waals surface area contributed by atoms with Gasteiger partial charge in [-0.25, -0.2) is 0 Å². The second-order valence-corrected chi connectivity index (χ2v) is 5.22. The molecule has 0 spiro atoms. The minimum Gasteiger partial charge on any atom is -0.494 e. The molecule has 0 amide bonds. The van der Waals surface area contributed by atoms with Gasteiger partial charge in [0.1, 0.15) is 5.75 Å². The first-order chi connectivity index (χ1) is 9.22. The van der Waals surface area contributed by atoms with Gasteiger partial charge < -0.3 is 9.84 Å². The van der Waals surface area contributed by atoms with Crippen LogP contribution in [0.4, 0.5) is 0 Å². The van der Waals surface area contributed by atoms with Crippen LogP contribution in [0.2, 0.25) is 0 Å².